The molecule has 0 amide bonds. The quantitative estimate of drug-likeness (QED) is 0.441. The Bertz CT molecular complexity index is 1450. The molecule has 4 aromatic heterocycles. The highest BCUT2D eigenvalue weighted by molar-refractivity contribution is 6.00. The van der Waals surface area contributed by atoms with Crippen molar-refractivity contribution in [1.29, 1.82) is 0 Å². The van der Waals surface area contributed by atoms with Gasteiger partial charge in [0.05, 0.1) is 48.1 Å². The van der Waals surface area contributed by atoms with Gasteiger partial charge in [0.2, 0.25) is 0 Å². The SMILES string of the molecule is COc1cncc(-c2ccc3[nH]nc(-c4cc5c(N6CCN(C)CC6)cncc5[nH]4)c3c2)c1. The number of H-pyrrole nitrogens is 2. The summed E-state index contributed by atoms with van der Waals surface area (Å²) >= 11 is 0. The molecule has 0 aliphatic carbocycles. The molecule has 1 aliphatic rings. The van der Waals surface area contributed by atoms with E-state index in [0.29, 0.717) is 0 Å². The maximum absolute atomic E-state index is 5.34. The lowest BCUT2D eigenvalue weighted by molar-refractivity contribution is 0.313. The van der Waals surface area contributed by atoms with E-state index in [0.717, 1.165) is 70.9 Å². The molecule has 5 heterocycles. The van der Waals surface area contributed by atoms with Gasteiger partial charge in [0.25, 0.3) is 0 Å². The van der Waals surface area contributed by atoms with Crippen LogP contribution in [0, 0.1) is 0 Å². The van der Waals surface area contributed by atoms with Gasteiger partial charge >= 0.3 is 0 Å². The Hall–Kier alpha value is -3.91. The van der Waals surface area contributed by atoms with E-state index in [9.17, 15) is 0 Å². The first-order valence-corrected chi connectivity index (χ1v) is 11.1. The number of piperazine rings is 1. The number of nitrogens with zero attached hydrogens (tertiary/aromatic N) is 5. The summed E-state index contributed by atoms with van der Waals surface area (Å²) in [5, 5.41) is 10.0. The summed E-state index contributed by atoms with van der Waals surface area (Å²) in [4.78, 5) is 17.1. The molecule has 6 rings (SSSR count). The van der Waals surface area contributed by atoms with Crippen LogP contribution in [0.15, 0.2) is 55.1 Å². The van der Waals surface area contributed by atoms with Gasteiger partial charge in [-0.05, 0) is 36.9 Å². The highest BCUT2D eigenvalue weighted by Crippen LogP contribution is 2.35. The van der Waals surface area contributed by atoms with Crippen molar-refractivity contribution in [2.75, 3.05) is 45.2 Å². The molecule has 33 heavy (non-hydrogen) atoms. The average molecular weight is 440 g/mol. The molecule has 8 heteroatoms. The maximum atomic E-state index is 5.34. The normalized spacial score (nSPS) is 14.9. The Labute approximate surface area is 191 Å². The molecule has 1 aliphatic heterocycles. The molecule has 1 fully saturated rings. The van der Waals surface area contributed by atoms with E-state index in [1.807, 2.05) is 24.7 Å². The molecule has 8 nitrogen and oxygen atoms in total. The number of nitrogens with one attached hydrogen (secondary N) is 2. The molecule has 0 bridgehead atoms. The number of fused-ring (bicyclic) bond motifs is 2. The molecule has 0 unspecified atom stereocenters. The van der Waals surface area contributed by atoms with Crippen LogP contribution in [0.2, 0.25) is 0 Å². The van der Waals surface area contributed by atoms with Crippen LogP contribution in [0.4, 0.5) is 5.69 Å². The smallest absolute Gasteiger partial charge is 0.137 e. The standard InChI is InChI=1S/C25H25N7O/c1-31-5-7-32(8-6-31)24-15-27-14-23-19(24)11-22(28-23)25-20-10-16(3-4-21(20)29-30-25)17-9-18(33-2)13-26-12-17/h3-4,9-15,28H,5-8H2,1-2H3,(H,29,30). The third-order valence-electron chi connectivity index (χ3n) is 6.47. The van der Waals surface area contributed by atoms with Crippen molar-refractivity contribution >= 4 is 27.5 Å². The molecule has 0 spiro atoms. The number of aromatic nitrogens is 5. The zero-order valence-corrected chi connectivity index (χ0v) is 18.7. The second-order valence-electron chi connectivity index (χ2n) is 8.54. The van der Waals surface area contributed by atoms with Gasteiger partial charge in [0, 0.05) is 48.7 Å². The molecular weight excluding hydrogens is 414 g/mol. The Balaban J connectivity index is 1.43. The fourth-order valence-electron chi connectivity index (χ4n) is 4.55. The van der Waals surface area contributed by atoms with Gasteiger partial charge in [-0.2, -0.15) is 5.10 Å². The van der Waals surface area contributed by atoms with Gasteiger partial charge in [-0.15, -0.1) is 0 Å². The van der Waals surface area contributed by atoms with Gasteiger partial charge in [-0.1, -0.05) is 6.07 Å². The number of pyridine rings is 2. The first-order valence-electron chi connectivity index (χ1n) is 11.1. The lowest BCUT2D eigenvalue weighted by Crippen LogP contribution is -2.44. The number of rotatable bonds is 4. The molecule has 166 valence electrons. The van der Waals surface area contributed by atoms with Crippen LogP contribution in [0.5, 0.6) is 5.75 Å². The minimum atomic E-state index is 0.736. The predicted octanol–water partition coefficient (Wildman–Crippen LogP) is 3.93. The number of methoxy groups -OCH3 is 1. The highest BCUT2D eigenvalue weighted by atomic mass is 16.5. The summed E-state index contributed by atoms with van der Waals surface area (Å²) in [6.07, 6.45) is 7.42. The summed E-state index contributed by atoms with van der Waals surface area (Å²) in [5.41, 5.74) is 7.11. The second-order valence-corrected chi connectivity index (χ2v) is 8.54. The summed E-state index contributed by atoms with van der Waals surface area (Å²) in [6, 6.07) is 10.5. The maximum Gasteiger partial charge on any atom is 0.137 e. The van der Waals surface area contributed by atoms with E-state index in [1.165, 1.54) is 11.1 Å². The van der Waals surface area contributed by atoms with Gasteiger partial charge in [-0.25, -0.2) is 0 Å². The van der Waals surface area contributed by atoms with Crippen LogP contribution in [0.3, 0.4) is 0 Å². The molecule has 2 N–H and O–H groups in total. The van der Waals surface area contributed by atoms with Gasteiger partial charge in [0.15, 0.2) is 0 Å². The van der Waals surface area contributed by atoms with E-state index >= 15 is 0 Å². The molecule has 1 saturated heterocycles. The summed E-state index contributed by atoms with van der Waals surface area (Å²) in [7, 11) is 3.82. The predicted molar refractivity (Wildman–Crippen MR) is 131 cm³/mol. The molecule has 0 radical (unpaired) electrons. The monoisotopic (exact) mass is 439 g/mol. The van der Waals surface area contributed by atoms with Crippen molar-refractivity contribution in [2.24, 2.45) is 0 Å². The minimum Gasteiger partial charge on any atom is -0.495 e. The Morgan fingerprint density at radius 1 is 0.848 bits per heavy atom. The Kier molecular flexibility index (Phi) is 4.73. The topological polar surface area (TPSA) is 86.0 Å². The van der Waals surface area contributed by atoms with Gasteiger partial charge in [0.1, 0.15) is 11.4 Å². The fourth-order valence-corrected chi connectivity index (χ4v) is 4.55. The van der Waals surface area contributed by atoms with E-state index in [1.54, 1.807) is 13.3 Å². The largest absolute Gasteiger partial charge is 0.495 e. The summed E-state index contributed by atoms with van der Waals surface area (Å²) in [5.74, 6) is 0.736. The van der Waals surface area contributed by atoms with Crippen molar-refractivity contribution < 1.29 is 4.74 Å². The lowest BCUT2D eigenvalue weighted by atomic mass is 10.0. The zero-order valence-electron chi connectivity index (χ0n) is 18.7. The number of likely N-dealkylation sites (N-methyl/N-ethyl adjacent to an activating group) is 1. The van der Waals surface area contributed by atoms with Crippen LogP contribution in [-0.4, -0.2) is 70.4 Å². The first kappa shape index (κ1) is 19.8. The van der Waals surface area contributed by atoms with Gasteiger partial charge < -0.3 is 19.5 Å². The zero-order chi connectivity index (χ0) is 22.4. The van der Waals surface area contributed by atoms with Crippen molar-refractivity contribution in [3.63, 3.8) is 0 Å². The molecular formula is C25H25N7O. The van der Waals surface area contributed by atoms with E-state index in [-0.39, 0.29) is 0 Å². The van der Waals surface area contributed by atoms with Crippen molar-refractivity contribution in [3.8, 4) is 28.3 Å². The first-order chi connectivity index (χ1) is 16.2. The summed E-state index contributed by atoms with van der Waals surface area (Å²) < 4.78 is 5.34. The average Bonchev–Trinajstić information content (AvgIpc) is 3.48. The number of ether oxygens (including phenoxy) is 1. The van der Waals surface area contributed by atoms with Crippen LogP contribution in [0.1, 0.15) is 0 Å². The number of anilines is 1. The highest BCUT2D eigenvalue weighted by Gasteiger charge is 2.19. The van der Waals surface area contributed by atoms with Crippen molar-refractivity contribution in [2.45, 2.75) is 0 Å². The fraction of sp³-hybridized carbons (Fsp3) is 0.240. The molecule has 0 atom stereocenters. The molecule has 0 saturated carbocycles. The second kappa shape index (κ2) is 7.90. The third kappa shape index (κ3) is 3.48. The Morgan fingerprint density at radius 2 is 1.70 bits per heavy atom. The van der Waals surface area contributed by atoms with Crippen LogP contribution in [0.25, 0.3) is 44.3 Å². The third-order valence-corrected chi connectivity index (χ3v) is 6.47. The van der Waals surface area contributed by atoms with Crippen molar-refractivity contribution in [1.82, 2.24) is 30.0 Å². The van der Waals surface area contributed by atoms with E-state index in [2.05, 4.69) is 66.3 Å². The van der Waals surface area contributed by atoms with Crippen LogP contribution < -0.4 is 9.64 Å². The minimum absolute atomic E-state index is 0.736. The summed E-state index contributed by atoms with van der Waals surface area (Å²) in [6.45, 7) is 4.11. The number of aromatic amines is 2. The van der Waals surface area contributed by atoms with Crippen LogP contribution in [-0.2, 0) is 0 Å². The van der Waals surface area contributed by atoms with Crippen molar-refractivity contribution in [3.05, 3.63) is 55.1 Å². The number of hydrogen-bond donors (Lipinski definition) is 2. The van der Waals surface area contributed by atoms with E-state index in [4.69, 9.17) is 4.74 Å². The molecule has 1 aromatic carbocycles. The lowest BCUT2D eigenvalue weighted by Gasteiger charge is -2.34. The molecule has 5 aromatic rings. The number of hydrogen-bond acceptors (Lipinski definition) is 6. The Morgan fingerprint density at radius 3 is 2.55 bits per heavy atom. The van der Waals surface area contributed by atoms with Gasteiger partial charge in [-0.3, -0.25) is 15.1 Å². The van der Waals surface area contributed by atoms with E-state index < -0.39 is 0 Å². The number of benzene rings is 1. The van der Waals surface area contributed by atoms with Crippen LogP contribution >= 0.6 is 0 Å².